The van der Waals surface area contributed by atoms with Crippen molar-refractivity contribution in [1.29, 1.82) is 0 Å². The van der Waals surface area contributed by atoms with E-state index in [1.807, 2.05) is 18.2 Å². The molecular weight excluding hydrogens is 672 g/mol. The van der Waals surface area contributed by atoms with Crippen molar-refractivity contribution in [2.24, 2.45) is 5.92 Å². The van der Waals surface area contributed by atoms with Gasteiger partial charge in [-0.25, -0.2) is 18.4 Å². The Bertz CT molecular complexity index is 1780. The highest BCUT2D eigenvalue weighted by Gasteiger charge is 2.51. The van der Waals surface area contributed by atoms with E-state index in [0.717, 1.165) is 85.3 Å². The number of rotatable bonds is 14. The Hall–Kier alpha value is -4.18. The molecule has 7 nitrogen and oxygen atoms in total. The third-order valence-electron chi connectivity index (χ3n) is 12.0. The van der Waals surface area contributed by atoms with Crippen LogP contribution in [0.1, 0.15) is 92.9 Å². The third kappa shape index (κ3) is 8.03. The molecule has 0 amide bonds. The van der Waals surface area contributed by atoms with Gasteiger partial charge in [0.2, 0.25) is 0 Å². The van der Waals surface area contributed by atoms with E-state index in [4.69, 9.17) is 9.47 Å². The van der Waals surface area contributed by atoms with E-state index >= 15 is 8.78 Å². The molecule has 3 aromatic carbocycles. The van der Waals surface area contributed by atoms with Crippen molar-refractivity contribution in [2.75, 3.05) is 13.2 Å². The average Bonchev–Trinajstić information content (AvgIpc) is 3.14. The highest BCUT2D eigenvalue weighted by atomic mass is 19.1. The van der Waals surface area contributed by atoms with Gasteiger partial charge in [-0.05, 0) is 108 Å². The maximum atomic E-state index is 16.3. The molecule has 3 N–H and O–H groups in total. The summed E-state index contributed by atoms with van der Waals surface area (Å²) >= 11 is 0. The Morgan fingerprint density at radius 3 is 1.83 bits per heavy atom. The fourth-order valence-corrected chi connectivity index (χ4v) is 9.58. The molecule has 9 heteroatoms. The minimum atomic E-state index is -0.513. The molecule has 280 valence electrons. The molecule has 8 rings (SSSR count). The smallest absolute Gasteiger partial charge is 0.330 e. The van der Waals surface area contributed by atoms with Crippen molar-refractivity contribution in [3.05, 3.63) is 108 Å². The summed E-state index contributed by atoms with van der Waals surface area (Å²) in [5.41, 5.74) is 5.89. The van der Waals surface area contributed by atoms with Gasteiger partial charge in [-0.15, -0.1) is 0 Å². The van der Waals surface area contributed by atoms with Crippen LogP contribution in [0.4, 0.5) is 8.78 Å². The molecule has 0 unspecified atom stereocenters. The highest BCUT2D eigenvalue weighted by Crippen LogP contribution is 2.48. The van der Waals surface area contributed by atoms with E-state index in [-0.39, 0.29) is 48.9 Å². The predicted molar refractivity (Wildman–Crippen MR) is 203 cm³/mol. The van der Waals surface area contributed by atoms with Gasteiger partial charge in [0.25, 0.3) is 0 Å². The van der Waals surface area contributed by atoms with Crippen LogP contribution in [0.5, 0.6) is 0 Å². The van der Waals surface area contributed by atoms with Crippen LogP contribution in [0.25, 0.3) is 22.3 Å². The van der Waals surface area contributed by atoms with E-state index in [1.165, 1.54) is 30.5 Å². The summed E-state index contributed by atoms with van der Waals surface area (Å²) in [7, 11) is 0. The Balaban J connectivity index is 1.23. The van der Waals surface area contributed by atoms with Crippen molar-refractivity contribution >= 4 is 11.9 Å². The number of halogens is 2. The van der Waals surface area contributed by atoms with Crippen LogP contribution in [-0.2, 0) is 37.3 Å². The topological polar surface area (TPSA) is 88.7 Å². The molecule has 3 aromatic rings. The quantitative estimate of drug-likeness (QED) is 0.114. The largest absolute Gasteiger partial charge is 0.462 e. The summed E-state index contributed by atoms with van der Waals surface area (Å²) in [5.74, 6) is -0.836. The number of hydrogen-bond donors (Lipinski definition) is 3. The molecule has 4 heterocycles. The van der Waals surface area contributed by atoms with E-state index in [9.17, 15) is 9.59 Å². The second-order valence-corrected chi connectivity index (χ2v) is 15.4. The number of nitrogens with one attached hydrogen (secondary N) is 3. The van der Waals surface area contributed by atoms with Crippen molar-refractivity contribution in [1.82, 2.24) is 16.0 Å². The number of carbonyl (C=O) groups excluding carboxylic acids is 2. The van der Waals surface area contributed by atoms with Gasteiger partial charge in [-0.3, -0.25) is 16.0 Å². The Morgan fingerprint density at radius 1 is 0.774 bits per heavy atom. The third-order valence-corrected chi connectivity index (χ3v) is 12.0. The summed E-state index contributed by atoms with van der Waals surface area (Å²) in [5, 5.41) is 10.8. The first-order valence-corrected chi connectivity index (χ1v) is 19.3. The maximum absolute atomic E-state index is 16.3. The van der Waals surface area contributed by atoms with Gasteiger partial charge in [-0.1, -0.05) is 69.3 Å². The first-order valence-electron chi connectivity index (χ1n) is 19.3. The lowest BCUT2D eigenvalue weighted by Crippen LogP contribution is -2.77. The van der Waals surface area contributed by atoms with Gasteiger partial charge in [0.1, 0.15) is 11.6 Å². The number of carbonyl (C=O) groups is 2. The molecule has 5 fully saturated rings. The normalized spacial score (nSPS) is 25.9. The van der Waals surface area contributed by atoms with E-state index < -0.39 is 17.8 Å². The van der Waals surface area contributed by atoms with Crippen LogP contribution in [0.2, 0.25) is 0 Å². The van der Waals surface area contributed by atoms with Gasteiger partial charge in [-0.2, -0.15) is 0 Å². The van der Waals surface area contributed by atoms with Crippen LogP contribution < -0.4 is 16.0 Å². The summed E-state index contributed by atoms with van der Waals surface area (Å²) in [6, 6.07) is 14.6. The maximum Gasteiger partial charge on any atom is 0.330 e. The van der Waals surface area contributed by atoms with Crippen molar-refractivity contribution in [3.63, 3.8) is 0 Å². The number of piperidine rings is 3. The second kappa shape index (κ2) is 16.0. The minimum absolute atomic E-state index is 0.0977. The number of benzene rings is 3. The molecule has 4 saturated heterocycles. The SMILES string of the molecule is C=CC(=O)OCCc1cc(C23CC4NC(C2)NC(C3)N4)cc(CCOC(=O)C=C)c1-c1ccc(-c2ccc(C3CCC(CCC)CC3)c(F)c2)c(F)c1. The van der Waals surface area contributed by atoms with Gasteiger partial charge in [0, 0.05) is 36.0 Å². The molecule has 4 aliphatic heterocycles. The van der Waals surface area contributed by atoms with Crippen molar-refractivity contribution in [2.45, 2.75) is 107 Å². The van der Waals surface area contributed by atoms with Gasteiger partial charge in [0.05, 0.1) is 31.7 Å². The Kier molecular flexibility index (Phi) is 11.2. The standard InChI is InChI=1S/C44H51F2N3O4/c1-4-7-27-8-10-28(11-9-27)34-14-12-29(22-36(34)45)35-15-13-30(23-37(35)46)43-31(16-18-52-41(50)5-2)20-33(21-32(43)17-19-53-42(51)6-3)44-24-38-47-39(25-44)49-40(26-44)48-38/h5-6,12-15,20-23,27-28,38-40,47-49H,2-4,7-11,16-19,24-26H2,1H3. The molecule has 0 atom stereocenters. The van der Waals surface area contributed by atoms with E-state index in [2.05, 4.69) is 48.2 Å². The summed E-state index contributed by atoms with van der Waals surface area (Å²) in [4.78, 5) is 24.1. The predicted octanol–water partition coefficient (Wildman–Crippen LogP) is 8.11. The highest BCUT2D eigenvalue weighted by molar-refractivity contribution is 5.82. The number of hydrogen-bond acceptors (Lipinski definition) is 7. The monoisotopic (exact) mass is 723 g/mol. The van der Waals surface area contributed by atoms with Gasteiger partial charge < -0.3 is 9.47 Å². The molecule has 1 saturated carbocycles. The zero-order valence-corrected chi connectivity index (χ0v) is 30.7. The molecular formula is C44H51F2N3O4. The van der Waals surface area contributed by atoms with Crippen LogP contribution in [0.3, 0.4) is 0 Å². The molecule has 5 aliphatic rings. The van der Waals surface area contributed by atoms with E-state index in [0.29, 0.717) is 29.5 Å². The van der Waals surface area contributed by atoms with E-state index in [1.54, 1.807) is 6.07 Å². The van der Waals surface area contributed by atoms with Crippen LogP contribution in [0.15, 0.2) is 73.8 Å². The average molecular weight is 724 g/mol. The van der Waals surface area contributed by atoms with Crippen molar-refractivity contribution < 1.29 is 27.8 Å². The Morgan fingerprint density at radius 2 is 1.32 bits per heavy atom. The molecule has 0 aromatic heterocycles. The molecule has 53 heavy (non-hydrogen) atoms. The molecule has 0 radical (unpaired) electrons. The number of ether oxygens (including phenoxy) is 2. The number of esters is 2. The zero-order chi connectivity index (χ0) is 37.1. The molecule has 0 spiro atoms. The van der Waals surface area contributed by atoms with Crippen LogP contribution in [-0.4, -0.2) is 43.6 Å². The summed E-state index contributed by atoms with van der Waals surface area (Å²) < 4.78 is 42.8. The molecule has 4 bridgehead atoms. The lowest BCUT2D eigenvalue weighted by Gasteiger charge is -2.58. The lowest BCUT2D eigenvalue weighted by atomic mass is 9.63. The first kappa shape index (κ1) is 37.1. The van der Waals surface area contributed by atoms with Gasteiger partial charge in [0.15, 0.2) is 0 Å². The second-order valence-electron chi connectivity index (χ2n) is 15.4. The Labute approximate surface area is 311 Å². The zero-order valence-electron chi connectivity index (χ0n) is 30.7. The lowest BCUT2D eigenvalue weighted by molar-refractivity contribution is -0.138. The van der Waals surface area contributed by atoms with Crippen LogP contribution in [0, 0.1) is 17.6 Å². The fourth-order valence-electron chi connectivity index (χ4n) is 9.58. The summed E-state index contributed by atoms with van der Waals surface area (Å²) in [6.45, 7) is 9.49. The van der Waals surface area contributed by atoms with Crippen molar-refractivity contribution in [3.8, 4) is 22.3 Å². The summed E-state index contributed by atoms with van der Waals surface area (Å²) in [6.07, 6.45) is 13.0. The van der Waals surface area contributed by atoms with Crippen LogP contribution >= 0.6 is 0 Å². The minimum Gasteiger partial charge on any atom is -0.462 e. The van der Waals surface area contributed by atoms with Gasteiger partial charge >= 0.3 is 11.9 Å². The fraction of sp³-hybridized carbons (Fsp3) is 0.455. The molecule has 1 aliphatic carbocycles. The first-order chi connectivity index (χ1) is 25.7.